The zero-order valence-electron chi connectivity index (χ0n) is 11.3. The molecule has 1 aromatic rings. The van der Waals surface area contributed by atoms with Gasteiger partial charge in [0.25, 0.3) is 0 Å². The number of hydrogen-bond donors (Lipinski definition) is 3. The maximum atomic E-state index is 12.1. The van der Waals surface area contributed by atoms with Gasteiger partial charge in [-0.1, -0.05) is 29.4 Å². The summed E-state index contributed by atoms with van der Waals surface area (Å²) in [6.07, 6.45) is -5.42. The molecular weight excluding hydrogens is 287 g/mol. The standard InChI is InChI=1S/C13H16F3N3O2/c1-8(7-13(14,15)16)18-11(20)6-9-2-4-10(5-3-9)12(17)19-21/h2-5,8,21H,6-7H2,1H3,(H2,17,19)(H,18,20). The number of rotatable bonds is 5. The summed E-state index contributed by atoms with van der Waals surface area (Å²) in [5.41, 5.74) is 6.48. The lowest BCUT2D eigenvalue weighted by Gasteiger charge is -2.15. The summed E-state index contributed by atoms with van der Waals surface area (Å²) in [6, 6.07) is 5.30. The van der Waals surface area contributed by atoms with Crippen LogP contribution in [0.3, 0.4) is 0 Å². The van der Waals surface area contributed by atoms with Crippen molar-refractivity contribution in [3.8, 4) is 0 Å². The van der Waals surface area contributed by atoms with Gasteiger partial charge in [0.1, 0.15) is 0 Å². The predicted molar refractivity (Wildman–Crippen MR) is 70.9 cm³/mol. The summed E-state index contributed by atoms with van der Waals surface area (Å²) in [5.74, 6) is -0.562. The smallest absolute Gasteiger partial charge is 0.391 e. The van der Waals surface area contributed by atoms with E-state index in [1.807, 2.05) is 0 Å². The van der Waals surface area contributed by atoms with E-state index < -0.39 is 24.5 Å². The van der Waals surface area contributed by atoms with Crippen molar-refractivity contribution in [1.29, 1.82) is 0 Å². The molecule has 0 spiro atoms. The number of nitrogens with zero attached hydrogens (tertiary/aromatic N) is 1. The summed E-state index contributed by atoms with van der Waals surface area (Å²) >= 11 is 0. The van der Waals surface area contributed by atoms with Gasteiger partial charge in [0, 0.05) is 11.6 Å². The first-order chi connectivity index (χ1) is 9.71. The van der Waals surface area contributed by atoms with E-state index in [9.17, 15) is 18.0 Å². The van der Waals surface area contributed by atoms with E-state index in [2.05, 4.69) is 10.5 Å². The maximum absolute atomic E-state index is 12.1. The van der Waals surface area contributed by atoms with Gasteiger partial charge in [-0.2, -0.15) is 13.2 Å². The van der Waals surface area contributed by atoms with Gasteiger partial charge < -0.3 is 16.3 Å². The Hall–Kier alpha value is -2.25. The zero-order chi connectivity index (χ0) is 16.0. The number of amides is 1. The Bertz CT molecular complexity index is 512. The number of oxime groups is 1. The van der Waals surface area contributed by atoms with Crippen LogP contribution in [-0.4, -0.2) is 29.2 Å². The van der Waals surface area contributed by atoms with Crippen LogP contribution in [0.15, 0.2) is 29.4 Å². The Kier molecular flexibility index (Phi) is 5.57. The van der Waals surface area contributed by atoms with Crippen molar-refractivity contribution in [2.75, 3.05) is 0 Å². The van der Waals surface area contributed by atoms with Crippen molar-refractivity contribution >= 4 is 11.7 Å². The first-order valence-electron chi connectivity index (χ1n) is 6.14. The third-order valence-corrected chi connectivity index (χ3v) is 2.67. The summed E-state index contributed by atoms with van der Waals surface area (Å²) in [7, 11) is 0. The lowest BCUT2D eigenvalue weighted by Crippen LogP contribution is -2.36. The number of nitrogens with one attached hydrogen (secondary N) is 1. The van der Waals surface area contributed by atoms with Crippen molar-refractivity contribution in [3.05, 3.63) is 35.4 Å². The van der Waals surface area contributed by atoms with Crippen LogP contribution in [0.1, 0.15) is 24.5 Å². The van der Waals surface area contributed by atoms with Crippen molar-refractivity contribution in [3.63, 3.8) is 0 Å². The molecule has 0 aliphatic rings. The van der Waals surface area contributed by atoms with Gasteiger partial charge in [0.05, 0.1) is 12.8 Å². The number of benzene rings is 1. The molecule has 1 amide bonds. The Balaban J connectivity index is 2.55. The number of alkyl halides is 3. The molecule has 1 aromatic carbocycles. The van der Waals surface area contributed by atoms with Gasteiger partial charge >= 0.3 is 6.18 Å². The second kappa shape index (κ2) is 6.96. The minimum atomic E-state index is -4.31. The van der Waals surface area contributed by atoms with Crippen LogP contribution in [0, 0.1) is 0 Å². The molecule has 8 heteroatoms. The van der Waals surface area contributed by atoms with E-state index in [0.29, 0.717) is 11.1 Å². The van der Waals surface area contributed by atoms with E-state index in [4.69, 9.17) is 10.9 Å². The lowest BCUT2D eigenvalue weighted by molar-refractivity contribution is -0.141. The Morgan fingerprint density at radius 1 is 1.38 bits per heavy atom. The van der Waals surface area contributed by atoms with Gasteiger partial charge in [0.2, 0.25) is 5.91 Å². The fraction of sp³-hybridized carbons (Fsp3) is 0.385. The molecule has 4 N–H and O–H groups in total. The first kappa shape index (κ1) is 16.8. The average Bonchev–Trinajstić information content (AvgIpc) is 2.36. The van der Waals surface area contributed by atoms with Gasteiger partial charge in [0.15, 0.2) is 5.84 Å². The van der Waals surface area contributed by atoms with E-state index in [1.165, 1.54) is 6.92 Å². The van der Waals surface area contributed by atoms with Crippen LogP contribution in [0.2, 0.25) is 0 Å². The van der Waals surface area contributed by atoms with E-state index in [1.54, 1.807) is 24.3 Å². The van der Waals surface area contributed by atoms with Gasteiger partial charge in [-0.25, -0.2) is 0 Å². The number of halogens is 3. The Morgan fingerprint density at radius 2 is 1.95 bits per heavy atom. The van der Waals surface area contributed by atoms with E-state index in [0.717, 1.165) is 0 Å². The normalized spacial score (nSPS) is 13.8. The second-order valence-electron chi connectivity index (χ2n) is 4.65. The summed E-state index contributed by atoms with van der Waals surface area (Å²) in [6.45, 7) is 1.30. The van der Waals surface area contributed by atoms with Crippen LogP contribution in [-0.2, 0) is 11.2 Å². The van der Waals surface area contributed by atoms with Crippen LogP contribution < -0.4 is 11.1 Å². The minimum Gasteiger partial charge on any atom is -0.409 e. The molecule has 0 saturated heterocycles. The minimum absolute atomic E-state index is 0.0430. The van der Waals surface area contributed by atoms with E-state index in [-0.39, 0.29) is 12.3 Å². The second-order valence-corrected chi connectivity index (χ2v) is 4.65. The molecule has 5 nitrogen and oxygen atoms in total. The van der Waals surface area contributed by atoms with Crippen LogP contribution >= 0.6 is 0 Å². The molecule has 21 heavy (non-hydrogen) atoms. The van der Waals surface area contributed by atoms with Gasteiger partial charge in [-0.3, -0.25) is 4.79 Å². The maximum Gasteiger partial charge on any atom is 0.391 e. The molecule has 0 bridgehead atoms. The zero-order valence-corrected chi connectivity index (χ0v) is 11.3. The third kappa shape index (κ3) is 6.15. The summed E-state index contributed by atoms with van der Waals surface area (Å²) in [5, 5.41) is 13.6. The molecule has 0 radical (unpaired) electrons. The van der Waals surface area contributed by atoms with Gasteiger partial charge in [-0.15, -0.1) is 0 Å². The number of carbonyl (C=O) groups excluding carboxylic acids is 1. The van der Waals surface area contributed by atoms with Crippen LogP contribution in [0.5, 0.6) is 0 Å². The molecule has 0 aromatic heterocycles. The van der Waals surface area contributed by atoms with E-state index >= 15 is 0 Å². The molecule has 0 aliphatic heterocycles. The largest absolute Gasteiger partial charge is 0.409 e. The first-order valence-corrected chi connectivity index (χ1v) is 6.14. The molecule has 116 valence electrons. The lowest BCUT2D eigenvalue weighted by atomic mass is 10.1. The molecular formula is C13H16F3N3O2. The predicted octanol–water partition coefficient (Wildman–Crippen LogP) is 1.78. The van der Waals surface area contributed by atoms with Crippen molar-refractivity contribution < 1.29 is 23.2 Å². The van der Waals surface area contributed by atoms with Crippen molar-refractivity contribution in [2.45, 2.75) is 32.0 Å². The van der Waals surface area contributed by atoms with Crippen LogP contribution in [0.25, 0.3) is 0 Å². The summed E-state index contributed by atoms with van der Waals surface area (Å²) < 4.78 is 36.4. The monoisotopic (exact) mass is 303 g/mol. The number of amidine groups is 1. The summed E-state index contributed by atoms with van der Waals surface area (Å²) in [4.78, 5) is 11.6. The highest BCUT2D eigenvalue weighted by Gasteiger charge is 2.30. The molecule has 1 unspecified atom stereocenters. The molecule has 0 saturated carbocycles. The molecule has 1 atom stereocenters. The highest BCUT2D eigenvalue weighted by Crippen LogP contribution is 2.21. The topological polar surface area (TPSA) is 87.7 Å². The average molecular weight is 303 g/mol. The number of nitrogens with two attached hydrogens (primary N) is 1. The highest BCUT2D eigenvalue weighted by atomic mass is 19.4. The quantitative estimate of drug-likeness (QED) is 0.335. The molecule has 0 aliphatic carbocycles. The number of carbonyl (C=O) groups is 1. The Morgan fingerprint density at radius 3 is 2.43 bits per heavy atom. The number of hydrogen-bond acceptors (Lipinski definition) is 3. The fourth-order valence-electron chi connectivity index (χ4n) is 1.76. The molecule has 0 fully saturated rings. The highest BCUT2D eigenvalue weighted by molar-refractivity contribution is 5.97. The molecule has 0 heterocycles. The third-order valence-electron chi connectivity index (χ3n) is 2.67. The molecule has 1 rings (SSSR count). The van der Waals surface area contributed by atoms with Gasteiger partial charge in [-0.05, 0) is 12.5 Å². The fourth-order valence-corrected chi connectivity index (χ4v) is 1.76. The van der Waals surface area contributed by atoms with Crippen molar-refractivity contribution in [1.82, 2.24) is 5.32 Å². The van der Waals surface area contributed by atoms with Crippen molar-refractivity contribution in [2.24, 2.45) is 10.9 Å². The Labute approximate surface area is 119 Å². The van der Waals surface area contributed by atoms with Crippen LogP contribution in [0.4, 0.5) is 13.2 Å². The SMILES string of the molecule is CC(CC(F)(F)F)NC(=O)Cc1ccc(/C(N)=N/O)cc1.